The third-order valence-electron chi connectivity index (χ3n) is 2.41. The summed E-state index contributed by atoms with van der Waals surface area (Å²) in [7, 11) is 0. The standard InChI is InChI=1S/C9H12N2O/c1-7-4-9(12,5-7)8-6-10-2-3-11-8/h2-3,6-7,12H,4-5H2,1H3. The van der Waals surface area contributed by atoms with Crippen molar-refractivity contribution in [3.8, 4) is 0 Å². The second kappa shape index (κ2) is 2.52. The van der Waals surface area contributed by atoms with E-state index in [1.54, 1.807) is 18.6 Å². The van der Waals surface area contributed by atoms with Crippen molar-refractivity contribution in [1.29, 1.82) is 0 Å². The zero-order chi connectivity index (χ0) is 8.60. The van der Waals surface area contributed by atoms with Crippen LogP contribution in [-0.2, 0) is 5.60 Å². The van der Waals surface area contributed by atoms with Crippen LogP contribution in [0.15, 0.2) is 18.6 Å². The zero-order valence-electron chi connectivity index (χ0n) is 7.07. The van der Waals surface area contributed by atoms with Gasteiger partial charge < -0.3 is 5.11 Å². The Balaban J connectivity index is 2.21. The van der Waals surface area contributed by atoms with Crippen LogP contribution in [-0.4, -0.2) is 15.1 Å². The Morgan fingerprint density at radius 3 is 2.75 bits per heavy atom. The second-order valence-corrected chi connectivity index (χ2v) is 3.64. The van der Waals surface area contributed by atoms with Gasteiger partial charge in [0.05, 0.1) is 11.9 Å². The molecule has 1 aromatic rings. The Bertz CT molecular complexity index is 267. The van der Waals surface area contributed by atoms with Crippen LogP contribution in [0.2, 0.25) is 0 Å². The van der Waals surface area contributed by atoms with E-state index in [-0.39, 0.29) is 0 Å². The molecular weight excluding hydrogens is 152 g/mol. The van der Waals surface area contributed by atoms with Gasteiger partial charge in [0.1, 0.15) is 5.60 Å². The maximum atomic E-state index is 9.95. The first-order chi connectivity index (χ1) is 5.71. The van der Waals surface area contributed by atoms with Gasteiger partial charge >= 0.3 is 0 Å². The fraction of sp³-hybridized carbons (Fsp3) is 0.556. The second-order valence-electron chi connectivity index (χ2n) is 3.64. The fourth-order valence-electron chi connectivity index (χ4n) is 1.84. The summed E-state index contributed by atoms with van der Waals surface area (Å²) in [5.41, 5.74) is 0.0244. The molecule has 2 rings (SSSR count). The monoisotopic (exact) mass is 164 g/mol. The van der Waals surface area contributed by atoms with E-state index in [1.165, 1.54) is 0 Å². The molecule has 0 aromatic carbocycles. The molecule has 1 aromatic heterocycles. The number of aliphatic hydroxyl groups is 1. The van der Waals surface area contributed by atoms with Crippen LogP contribution in [0.5, 0.6) is 0 Å². The summed E-state index contributed by atoms with van der Waals surface area (Å²) in [6.07, 6.45) is 6.51. The number of rotatable bonds is 1. The molecule has 12 heavy (non-hydrogen) atoms. The van der Waals surface area contributed by atoms with Gasteiger partial charge in [-0.05, 0) is 18.8 Å². The van der Waals surface area contributed by atoms with Crippen LogP contribution in [0.4, 0.5) is 0 Å². The predicted octanol–water partition coefficient (Wildman–Crippen LogP) is 1.09. The quantitative estimate of drug-likeness (QED) is 0.676. The van der Waals surface area contributed by atoms with E-state index in [9.17, 15) is 5.11 Å². The van der Waals surface area contributed by atoms with Crippen molar-refractivity contribution in [3.05, 3.63) is 24.3 Å². The van der Waals surface area contributed by atoms with Crippen molar-refractivity contribution in [3.63, 3.8) is 0 Å². The van der Waals surface area contributed by atoms with Gasteiger partial charge in [0.2, 0.25) is 0 Å². The van der Waals surface area contributed by atoms with E-state index in [2.05, 4.69) is 16.9 Å². The minimum atomic E-state index is -0.687. The van der Waals surface area contributed by atoms with Crippen LogP contribution in [0.25, 0.3) is 0 Å². The highest BCUT2D eigenvalue weighted by Gasteiger charge is 2.42. The van der Waals surface area contributed by atoms with Crippen molar-refractivity contribution in [1.82, 2.24) is 9.97 Å². The summed E-state index contributed by atoms with van der Waals surface area (Å²) in [5.74, 6) is 0.608. The highest BCUT2D eigenvalue weighted by Crippen LogP contribution is 2.43. The van der Waals surface area contributed by atoms with Gasteiger partial charge in [-0.2, -0.15) is 0 Å². The number of aromatic nitrogens is 2. The van der Waals surface area contributed by atoms with Gasteiger partial charge in [0.15, 0.2) is 0 Å². The van der Waals surface area contributed by atoms with E-state index in [0.717, 1.165) is 12.8 Å². The van der Waals surface area contributed by atoms with Gasteiger partial charge in [0, 0.05) is 12.4 Å². The predicted molar refractivity (Wildman–Crippen MR) is 44.3 cm³/mol. The molecule has 1 saturated carbocycles. The third-order valence-corrected chi connectivity index (χ3v) is 2.41. The smallest absolute Gasteiger partial charge is 0.109 e. The maximum Gasteiger partial charge on any atom is 0.109 e. The summed E-state index contributed by atoms with van der Waals surface area (Å²) in [6.45, 7) is 2.13. The van der Waals surface area contributed by atoms with Crippen LogP contribution in [0.1, 0.15) is 25.5 Å². The highest BCUT2D eigenvalue weighted by atomic mass is 16.3. The Morgan fingerprint density at radius 1 is 1.50 bits per heavy atom. The molecule has 64 valence electrons. The Hall–Kier alpha value is -0.960. The molecular formula is C9H12N2O. The molecule has 0 aliphatic heterocycles. The summed E-state index contributed by atoms with van der Waals surface area (Å²) in [5, 5.41) is 9.95. The Kier molecular flexibility index (Phi) is 1.61. The lowest BCUT2D eigenvalue weighted by molar-refractivity contribution is -0.0775. The molecule has 1 fully saturated rings. The molecule has 1 N–H and O–H groups in total. The minimum absolute atomic E-state index is 0.608. The topological polar surface area (TPSA) is 46.0 Å². The fourth-order valence-corrected chi connectivity index (χ4v) is 1.84. The lowest BCUT2D eigenvalue weighted by Crippen LogP contribution is -2.40. The van der Waals surface area contributed by atoms with Gasteiger partial charge in [0.25, 0.3) is 0 Å². The minimum Gasteiger partial charge on any atom is -0.383 e. The summed E-state index contributed by atoms with van der Waals surface area (Å²) < 4.78 is 0. The van der Waals surface area contributed by atoms with Crippen LogP contribution in [0, 0.1) is 5.92 Å². The average Bonchev–Trinajstić information content (AvgIpc) is 2.04. The van der Waals surface area contributed by atoms with Crippen molar-refractivity contribution in [2.24, 2.45) is 5.92 Å². The first-order valence-electron chi connectivity index (χ1n) is 4.19. The zero-order valence-corrected chi connectivity index (χ0v) is 7.07. The number of hydrogen-bond acceptors (Lipinski definition) is 3. The van der Waals surface area contributed by atoms with Crippen LogP contribution in [0.3, 0.4) is 0 Å². The highest BCUT2D eigenvalue weighted by molar-refractivity contribution is 5.12. The van der Waals surface area contributed by atoms with Gasteiger partial charge in [-0.1, -0.05) is 6.92 Å². The van der Waals surface area contributed by atoms with Crippen molar-refractivity contribution >= 4 is 0 Å². The van der Waals surface area contributed by atoms with Crippen LogP contribution >= 0.6 is 0 Å². The Morgan fingerprint density at radius 2 is 2.25 bits per heavy atom. The molecule has 0 saturated heterocycles. The van der Waals surface area contributed by atoms with Crippen molar-refractivity contribution < 1.29 is 5.11 Å². The summed E-state index contributed by atoms with van der Waals surface area (Å²) in [6, 6.07) is 0. The van der Waals surface area contributed by atoms with Gasteiger partial charge in [-0.3, -0.25) is 9.97 Å². The normalized spacial score (nSPS) is 34.3. The molecule has 0 bridgehead atoms. The first kappa shape index (κ1) is 7.68. The van der Waals surface area contributed by atoms with E-state index < -0.39 is 5.60 Å². The van der Waals surface area contributed by atoms with E-state index in [4.69, 9.17) is 0 Å². The van der Waals surface area contributed by atoms with Crippen molar-refractivity contribution in [2.45, 2.75) is 25.4 Å². The molecule has 3 nitrogen and oxygen atoms in total. The van der Waals surface area contributed by atoms with E-state index >= 15 is 0 Å². The molecule has 1 aliphatic carbocycles. The lowest BCUT2D eigenvalue weighted by Gasteiger charge is -2.41. The SMILES string of the molecule is CC1CC(O)(c2cnccn2)C1. The largest absolute Gasteiger partial charge is 0.383 e. The molecule has 0 radical (unpaired) electrons. The van der Waals surface area contributed by atoms with E-state index in [0.29, 0.717) is 11.6 Å². The number of nitrogens with zero attached hydrogens (tertiary/aromatic N) is 2. The Labute approximate surface area is 71.5 Å². The van der Waals surface area contributed by atoms with Gasteiger partial charge in [-0.15, -0.1) is 0 Å². The molecule has 1 heterocycles. The average molecular weight is 164 g/mol. The molecule has 0 spiro atoms. The molecule has 3 heteroatoms. The van der Waals surface area contributed by atoms with Gasteiger partial charge in [-0.25, -0.2) is 0 Å². The maximum absolute atomic E-state index is 9.95. The van der Waals surface area contributed by atoms with Crippen molar-refractivity contribution in [2.75, 3.05) is 0 Å². The molecule has 0 amide bonds. The molecule has 0 atom stereocenters. The third kappa shape index (κ3) is 1.10. The summed E-state index contributed by atoms with van der Waals surface area (Å²) >= 11 is 0. The summed E-state index contributed by atoms with van der Waals surface area (Å²) in [4.78, 5) is 8.03. The van der Waals surface area contributed by atoms with E-state index in [1.807, 2.05) is 0 Å². The lowest BCUT2D eigenvalue weighted by atomic mass is 9.70. The number of hydrogen-bond donors (Lipinski definition) is 1. The first-order valence-corrected chi connectivity index (χ1v) is 4.19. The molecule has 1 aliphatic rings. The molecule has 0 unspecified atom stereocenters. The van der Waals surface area contributed by atoms with Crippen LogP contribution < -0.4 is 0 Å².